The number of benzene rings is 2. The summed E-state index contributed by atoms with van der Waals surface area (Å²) in [5, 5.41) is 0.00838. The van der Waals surface area contributed by atoms with Gasteiger partial charge in [-0.2, -0.15) is 0 Å². The maximum absolute atomic E-state index is 12.5. The molecule has 120 valence electrons. The number of hydrogen-bond acceptors (Lipinski definition) is 4. The Balaban J connectivity index is 2.11. The van der Waals surface area contributed by atoms with E-state index < -0.39 is 15.8 Å². The zero-order valence-corrected chi connectivity index (χ0v) is 13.9. The molecule has 0 atom stereocenters. The van der Waals surface area contributed by atoms with Crippen LogP contribution in [0.1, 0.15) is 5.56 Å². The van der Waals surface area contributed by atoms with Crippen LogP contribution in [0.5, 0.6) is 0 Å². The quantitative estimate of drug-likeness (QED) is 0.785. The molecule has 0 spiro atoms. The van der Waals surface area contributed by atoms with E-state index in [1.165, 1.54) is 23.7 Å². The molecule has 0 saturated heterocycles. The minimum Gasteiger partial charge on any atom is -0.408 e. The van der Waals surface area contributed by atoms with Gasteiger partial charge in [0, 0.05) is 18.8 Å². The summed E-state index contributed by atoms with van der Waals surface area (Å²) in [4.78, 5) is 11.4. The van der Waals surface area contributed by atoms with Gasteiger partial charge in [0.2, 0.25) is 0 Å². The molecule has 0 aliphatic carbocycles. The fourth-order valence-electron chi connectivity index (χ4n) is 2.25. The zero-order chi connectivity index (χ0) is 16.8. The van der Waals surface area contributed by atoms with Gasteiger partial charge in [-0.15, -0.1) is 0 Å². The van der Waals surface area contributed by atoms with Crippen LogP contribution >= 0.6 is 11.6 Å². The fraction of sp³-hybridized carbons (Fsp3) is 0.133. The van der Waals surface area contributed by atoms with Crippen molar-refractivity contribution in [3.63, 3.8) is 0 Å². The van der Waals surface area contributed by atoms with Crippen LogP contribution in [-0.4, -0.2) is 13.0 Å². The number of aromatic nitrogens is 1. The topological polar surface area (TPSA) is 81.3 Å². The van der Waals surface area contributed by atoms with Gasteiger partial charge in [-0.25, -0.2) is 13.2 Å². The predicted molar refractivity (Wildman–Crippen MR) is 88.5 cm³/mol. The van der Waals surface area contributed by atoms with Gasteiger partial charge in [0.05, 0.1) is 10.5 Å². The standard InChI is InChI=1S/C15H13ClN2O4S/c1-9-4-3-5-10(6-9)17-23(20,21)14-8-13-12(7-11(14)16)18(2)15(19)22-13/h3-8,17H,1-2H3. The summed E-state index contributed by atoms with van der Waals surface area (Å²) in [5.74, 6) is -0.586. The van der Waals surface area contributed by atoms with E-state index in [-0.39, 0.29) is 15.5 Å². The lowest BCUT2D eigenvalue weighted by Crippen LogP contribution is -2.13. The predicted octanol–water partition coefficient (Wildman–Crippen LogP) is 2.89. The molecule has 0 aliphatic heterocycles. The van der Waals surface area contributed by atoms with E-state index in [1.54, 1.807) is 18.2 Å². The molecule has 0 fully saturated rings. The minimum absolute atomic E-state index is 0.00838. The first kappa shape index (κ1) is 15.6. The van der Waals surface area contributed by atoms with Crippen LogP contribution in [0.3, 0.4) is 0 Å². The van der Waals surface area contributed by atoms with E-state index in [1.807, 2.05) is 13.0 Å². The lowest BCUT2D eigenvalue weighted by Gasteiger charge is -2.10. The fourth-order valence-corrected chi connectivity index (χ4v) is 3.84. The Morgan fingerprint density at radius 2 is 1.96 bits per heavy atom. The van der Waals surface area contributed by atoms with Crippen molar-refractivity contribution in [2.24, 2.45) is 7.05 Å². The zero-order valence-electron chi connectivity index (χ0n) is 12.3. The van der Waals surface area contributed by atoms with Crippen LogP contribution in [0.25, 0.3) is 11.1 Å². The minimum atomic E-state index is -3.91. The molecule has 2 aromatic carbocycles. The second-order valence-corrected chi connectivity index (χ2v) is 7.21. The molecular weight excluding hydrogens is 340 g/mol. The number of rotatable bonds is 3. The summed E-state index contributed by atoms with van der Waals surface area (Å²) in [7, 11) is -2.39. The summed E-state index contributed by atoms with van der Waals surface area (Å²) < 4.78 is 33.8. The van der Waals surface area contributed by atoms with E-state index in [0.717, 1.165) is 5.56 Å². The lowest BCUT2D eigenvalue weighted by molar-refractivity contribution is 0.527. The van der Waals surface area contributed by atoms with Gasteiger partial charge in [-0.1, -0.05) is 23.7 Å². The smallest absolute Gasteiger partial charge is 0.408 e. The van der Waals surface area contributed by atoms with Gasteiger partial charge in [0.1, 0.15) is 4.90 Å². The maximum Gasteiger partial charge on any atom is 0.419 e. The summed E-state index contributed by atoms with van der Waals surface area (Å²) in [6.45, 7) is 1.86. The van der Waals surface area contributed by atoms with Crippen molar-refractivity contribution in [2.45, 2.75) is 11.8 Å². The first-order chi connectivity index (χ1) is 10.8. The van der Waals surface area contributed by atoms with Crippen molar-refractivity contribution in [3.05, 3.63) is 57.5 Å². The van der Waals surface area contributed by atoms with Crippen molar-refractivity contribution in [1.29, 1.82) is 0 Å². The van der Waals surface area contributed by atoms with Gasteiger partial charge in [-0.3, -0.25) is 9.29 Å². The Morgan fingerprint density at radius 1 is 1.22 bits per heavy atom. The van der Waals surface area contributed by atoms with Gasteiger partial charge in [-0.05, 0) is 30.7 Å². The SMILES string of the molecule is Cc1cccc(NS(=O)(=O)c2cc3oc(=O)n(C)c3cc2Cl)c1. The average molecular weight is 353 g/mol. The first-order valence-electron chi connectivity index (χ1n) is 6.66. The molecular formula is C15H13ClN2O4S. The van der Waals surface area contributed by atoms with Gasteiger partial charge >= 0.3 is 5.76 Å². The lowest BCUT2D eigenvalue weighted by atomic mass is 10.2. The van der Waals surface area contributed by atoms with Crippen LogP contribution in [0.2, 0.25) is 5.02 Å². The number of aryl methyl sites for hydroxylation is 2. The second kappa shape index (κ2) is 5.43. The normalized spacial score (nSPS) is 11.8. The van der Waals surface area contributed by atoms with Gasteiger partial charge in [0.15, 0.2) is 5.58 Å². The van der Waals surface area contributed by atoms with Gasteiger partial charge in [0.25, 0.3) is 10.0 Å². The molecule has 1 aromatic heterocycles. The largest absolute Gasteiger partial charge is 0.419 e. The number of anilines is 1. The number of halogens is 1. The van der Waals surface area contributed by atoms with Crippen LogP contribution in [0, 0.1) is 6.92 Å². The van der Waals surface area contributed by atoms with Gasteiger partial charge < -0.3 is 4.42 Å². The molecule has 3 aromatic rings. The Hall–Kier alpha value is -2.25. The van der Waals surface area contributed by atoms with E-state index in [4.69, 9.17) is 16.0 Å². The Bertz CT molecular complexity index is 1070. The van der Waals surface area contributed by atoms with E-state index >= 15 is 0 Å². The summed E-state index contributed by atoms with van der Waals surface area (Å²) in [6.07, 6.45) is 0. The van der Waals surface area contributed by atoms with Crippen LogP contribution in [0.4, 0.5) is 5.69 Å². The molecule has 0 amide bonds. The molecule has 1 heterocycles. The highest BCUT2D eigenvalue weighted by atomic mass is 35.5. The Morgan fingerprint density at radius 3 is 2.65 bits per heavy atom. The highest BCUT2D eigenvalue weighted by Crippen LogP contribution is 2.28. The second-order valence-electron chi connectivity index (χ2n) is 5.15. The molecule has 1 N–H and O–H groups in total. The van der Waals surface area contributed by atoms with Crippen LogP contribution < -0.4 is 10.5 Å². The van der Waals surface area contributed by atoms with E-state index in [9.17, 15) is 13.2 Å². The third kappa shape index (κ3) is 2.85. The molecule has 0 bridgehead atoms. The monoisotopic (exact) mass is 352 g/mol. The van der Waals surface area contributed by atoms with Crippen molar-refractivity contribution >= 4 is 38.4 Å². The molecule has 0 unspecified atom stereocenters. The maximum atomic E-state index is 12.5. The number of oxazole rings is 1. The molecule has 0 saturated carbocycles. The van der Waals surface area contributed by atoms with Crippen LogP contribution in [0.15, 0.2) is 50.5 Å². The summed E-state index contributed by atoms with van der Waals surface area (Å²) in [6, 6.07) is 9.58. The molecule has 3 rings (SSSR count). The third-order valence-electron chi connectivity index (χ3n) is 3.41. The molecule has 0 radical (unpaired) electrons. The van der Waals surface area contributed by atoms with Crippen molar-refractivity contribution in [1.82, 2.24) is 4.57 Å². The molecule has 8 heteroatoms. The van der Waals surface area contributed by atoms with Crippen LogP contribution in [-0.2, 0) is 17.1 Å². The highest BCUT2D eigenvalue weighted by Gasteiger charge is 2.21. The first-order valence-corrected chi connectivity index (χ1v) is 8.52. The number of fused-ring (bicyclic) bond motifs is 1. The Labute approximate surface area is 137 Å². The number of hydrogen-bond donors (Lipinski definition) is 1. The number of nitrogens with zero attached hydrogens (tertiary/aromatic N) is 1. The van der Waals surface area contributed by atoms with Crippen molar-refractivity contribution in [3.8, 4) is 0 Å². The van der Waals surface area contributed by atoms with E-state index in [2.05, 4.69) is 4.72 Å². The van der Waals surface area contributed by atoms with Crippen molar-refractivity contribution in [2.75, 3.05) is 4.72 Å². The third-order valence-corrected chi connectivity index (χ3v) is 5.25. The number of nitrogens with one attached hydrogen (secondary N) is 1. The summed E-state index contributed by atoms with van der Waals surface area (Å²) >= 11 is 6.09. The Kier molecular flexibility index (Phi) is 3.69. The number of sulfonamides is 1. The summed E-state index contributed by atoms with van der Waals surface area (Å²) in [5.41, 5.74) is 1.93. The molecule has 0 aliphatic rings. The molecule has 23 heavy (non-hydrogen) atoms. The highest BCUT2D eigenvalue weighted by molar-refractivity contribution is 7.92. The van der Waals surface area contributed by atoms with Crippen molar-refractivity contribution < 1.29 is 12.8 Å². The average Bonchev–Trinajstić information content (AvgIpc) is 2.73. The molecule has 6 nitrogen and oxygen atoms in total. The van der Waals surface area contributed by atoms with E-state index in [0.29, 0.717) is 11.2 Å².